The van der Waals surface area contributed by atoms with E-state index in [9.17, 15) is 31.5 Å². The van der Waals surface area contributed by atoms with Crippen molar-refractivity contribution >= 4 is 17.5 Å². The van der Waals surface area contributed by atoms with Gasteiger partial charge < -0.3 is 15.0 Å². The molecule has 10 nitrogen and oxygen atoms in total. The Bertz CT molecular complexity index is 1150. The summed E-state index contributed by atoms with van der Waals surface area (Å²) >= 11 is 0. The van der Waals surface area contributed by atoms with Gasteiger partial charge in [-0.05, 0) is 31.2 Å². The highest BCUT2D eigenvalue weighted by atomic mass is 19.4. The van der Waals surface area contributed by atoms with Gasteiger partial charge in [0.05, 0.1) is 31.5 Å². The minimum Gasteiger partial charge on any atom is -0.379 e. The third-order valence-electron chi connectivity index (χ3n) is 6.03. The number of carbonyl (C=O) groups is 1. The molecule has 3 heterocycles. The lowest BCUT2D eigenvalue weighted by Crippen LogP contribution is -2.60. The number of H-pyrrole nitrogens is 1. The molecule has 0 radical (unpaired) electrons. The summed E-state index contributed by atoms with van der Waals surface area (Å²) in [5, 5.41) is 7.59. The predicted molar refractivity (Wildman–Crippen MR) is 121 cm³/mol. The van der Waals surface area contributed by atoms with Gasteiger partial charge in [0, 0.05) is 31.5 Å². The number of amides is 1. The number of nitrogens with one attached hydrogen (secondary N) is 2. The summed E-state index contributed by atoms with van der Waals surface area (Å²) in [4.78, 5) is 34.2. The van der Waals surface area contributed by atoms with Crippen LogP contribution in [0.1, 0.15) is 43.2 Å². The van der Waals surface area contributed by atoms with E-state index >= 15 is 0 Å². The van der Waals surface area contributed by atoms with Crippen molar-refractivity contribution in [3.8, 4) is 0 Å². The van der Waals surface area contributed by atoms with Crippen LogP contribution in [-0.2, 0) is 15.7 Å². The summed E-state index contributed by atoms with van der Waals surface area (Å²) < 4.78 is 74.2. The van der Waals surface area contributed by atoms with Gasteiger partial charge in [-0.25, -0.2) is 15.1 Å². The molecule has 0 spiro atoms. The zero-order valence-corrected chi connectivity index (χ0v) is 19.9. The summed E-state index contributed by atoms with van der Waals surface area (Å²) in [6, 6.07) is -4.14. The van der Waals surface area contributed by atoms with Gasteiger partial charge in [-0.2, -0.15) is 27.1 Å². The smallest absolute Gasteiger partial charge is 0.379 e. The van der Waals surface area contributed by atoms with Gasteiger partial charge in [-0.3, -0.25) is 14.5 Å². The van der Waals surface area contributed by atoms with Crippen LogP contribution in [0, 0.1) is 0 Å². The number of nitrogens with zero attached hydrogens (tertiary/aromatic N) is 5. The minimum atomic E-state index is -4.90. The predicted octanol–water partition coefficient (Wildman–Crippen LogP) is 2.60. The molecule has 2 N–H and O–H groups in total. The lowest BCUT2D eigenvalue weighted by molar-refractivity contribution is -0.176. The van der Waals surface area contributed by atoms with Crippen LogP contribution < -0.4 is 15.8 Å². The van der Waals surface area contributed by atoms with Crippen molar-refractivity contribution < 1.29 is 31.5 Å². The molecule has 1 aliphatic carbocycles. The highest BCUT2D eigenvalue weighted by molar-refractivity contribution is 5.77. The first kappa shape index (κ1) is 26.7. The maximum absolute atomic E-state index is 14.8. The Morgan fingerprint density at radius 3 is 2.57 bits per heavy atom. The molecule has 2 aliphatic rings. The van der Waals surface area contributed by atoms with Gasteiger partial charge in [0.25, 0.3) is 5.56 Å². The molecule has 1 atom stereocenters. The SMILES string of the molecule is CC(COCCC(=O)N1CCN(c2ncc(C3CC3)cn2)CC1(F)F)Nc1cn[nH]c(=O)c1C(F)(F)F. The molecule has 1 saturated heterocycles. The number of anilines is 2. The fourth-order valence-corrected chi connectivity index (χ4v) is 4.03. The molecule has 4 rings (SSSR count). The zero-order valence-electron chi connectivity index (χ0n) is 19.9. The summed E-state index contributed by atoms with van der Waals surface area (Å²) in [5.41, 5.74) is -2.34. The summed E-state index contributed by atoms with van der Waals surface area (Å²) in [7, 11) is 0. The van der Waals surface area contributed by atoms with E-state index in [0.29, 0.717) is 10.8 Å². The molecule has 202 valence electrons. The zero-order chi connectivity index (χ0) is 26.8. The number of aromatic nitrogens is 4. The van der Waals surface area contributed by atoms with E-state index in [4.69, 9.17) is 4.74 Å². The van der Waals surface area contributed by atoms with E-state index in [1.54, 1.807) is 17.5 Å². The lowest BCUT2D eigenvalue weighted by atomic mass is 10.2. The average molecular weight is 531 g/mol. The number of piperazine rings is 1. The number of rotatable bonds is 9. The highest BCUT2D eigenvalue weighted by Crippen LogP contribution is 2.39. The van der Waals surface area contributed by atoms with Crippen molar-refractivity contribution in [2.45, 2.75) is 50.4 Å². The van der Waals surface area contributed by atoms with E-state index in [2.05, 4.69) is 20.4 Å². The molecule has 0 bridgehead atoms. The topological polar surface area (TPSA) is 116 Å². The molecular formula is C22H26F5N7O3. The van der Waals surface area contributed by atoms with Crippen LogP contribution >= 0.6 is 0 Å². The van der Waals surface area contributed by atoms with E-state index in [1.165, 1.54) is 11.8 Å². The summed E-state index contributed by atoms with van der Waals surface area (Å²) in [6.07, 6.45) is 1.05. The third kappa shape index (κ3) is 6.50. The van der Waals surface area contributed by atoms with Gasteiger partial charge in [0.1, 0.15) is 12.1 Å². The molecule has 1 unspecified atom stereocenters. The lowest BCUT2D eigenvalue weighted by Gasteiger charge is -2.40. The fourth-order valence-electron chi connectivity index (χ4n) is 4.03. The Labute approximate surface area is 208 Å². The molecule has 1 amide bonds. The van der Waals surface area contributed by atoms with Crippen LogP contribution in [0.5, 0.6) is 0 Å². The van der Waals surface area contributed by atoms with Gasteiger partial charge >= 0.3 is 12.2 Å². The first-order valence-electron chi connectivity index (χ1n) is 11.7. The van der Waals surface area contributed by atoms with Crippen molar-refractivity contribution in [2.24, 2.45) is 0 Å². The number of alkyl halides is 5. The maximum atomic E-state index is 14.8. The summed E-state index contributed by atoms with van der Waals surface area (Å²) in [5.74, 6) is -0.179. The molecule has 2 aromatic heterocycles. The van der Waals surface area contributed by atoms with Crippen LogP contribution in [-0.4, -0.2) is 75.9 Å². The molecule has 2 fully saturated rings. The fraction of sp³-hybridized carbons (Fsp3) is 0.591. The minimum absolute atomic E-state index is 0.137. The number of ether oxygens (including phenoxy) is 1. The Hall–Kier alpha value is -3.36. The average Bonchev–Trinajstić information content (AvgIpc) is 3.66. The van der Waals surface area contributed by atoms with Crippen LogP contribution in [0.15, 0.2) is 23.4 Å². The van der Waals surface area contributed by atoms with E-state index < -0.39 is 47.5 Å². The second kappa shape index (κ2) is 10.6. The molecular weight excluding hydrogens is 505 g/mol. The summed E-state index contributed by atoms with van der Waals surface area (Å²) in [6.45, 7) is 0.304. The normalized spacial score (nSPS) is 18.5. The van der Waals surface area contributed by atoms with Crippen LogP contribution in [0.4, 0.5) is 33.6 Å². The maximum Gasteiger partial charge on any atom is 0.423 e. The Kier molecular flexibility index (Phi) is 7.62. The van der Waals surface area contributed by atoms with Crippen LogP contribution in [0.3, 0.4) is 0 Å². The van der Waals surface area contributed by atoms with Crippen molar-refractivity contribution in [1.82, 2.24) is 25.1 Å². The molecule has 15 heteroatoms. The number of halogens is 5. The molecule has 0 aromatic carbocycles. The van der Waals surface area contributed by atoms with Gasteiger partial charge in [-0.1, -0.05) is 0 Å². The Balaban J connectivity index is 1.23. The standard InChI is InChI=1S/C22H26F5N7O3/c1-13(31-16-10-30-32-19(36)18(16)22(25,26)27)11-37-7-4-17(35)34-6-5-33(12-21(34,23)24)20-28-8-15(9-29-20)14-2-3-14/h8-10,13-14H,2-7,11-12H2,1H3,(H2,31,32,36). The van der Waals surface area contributed by atoms with Crippen LogP contribution in [0.2, 0.25) is 0 Å². The monoisotopic (exact) mass is 531 g/mol. The number of carbonyl (C=O) groups excluding carboxylic acids is 1. The van der Waals surface area contributed by atoms with E-state index in [1.807, 2.05) is 0 Å². The second-order valence-electron chi connectivity index (χ2n) is 9.08. The van der Waals surface area contributed by atoms with Crippen molar-refractivity contribution in [3.05, 3.63) is 40.1 Å². The third-order valence-corrected chi connectivity index (χ3v) is 6.03. The van der Waals surface area contributed by atoms with Gasteiger partial charge in [0.2, 0.25) is 11.9 Å². The molecule has 37 heavy (non-hydrogen) atoms. The van der Waals surface area contributed by atoms with Crippen molar-refractivity contribution in [1.29, 1.82) is 0 Å². The van der Waals surface area contributed by atoms with Crippen molar-refractivity contribution in [3.63, 3.8) is 0 Å². The first-order chi connectivity index (χ1) is 17.5. The van der Waals surface area contributed by atoms with Crippen LogP contribution in [0.25, 0.3) is 0 Å². The quantitative estimate of drug-likeness (QED) is 0.288. The van der Waals surface area contributed by atoms with Crippen molar-refractivity contribution in [2.75, 3.05) is 43.1 Å². The second-order valence-corrected chi connectivity index (χ2v) is 9.08. The van der Waals surface area contributed by atoms with Gasteiger partial charge in [0.15, 0.2) is 0 Å². The molecule has 1 saturated carbocycles. The first-order valence-corrected chi connectivity index (χ1v) is 11.7. The molecule has 1 aliphatic heterocycles. The molecule has 2 aromatic rings. The largest absolute Gasteiger partial charge is 0.423 e. The van der Waals surface area contributed by atoms with E-state index in [-0.39, 0.29) is 38.7 Å². The highest BCUT2D eigenvalue weighted by Gasteiger charge is 2.45. The Morgan fingerprint density at radius 1 is 1.24 bits per heavy atom. The van der Waals surface area contributed by atoms with E-state index in [0.717, 1.165) is 24.6 Å². The van der Waals surface area contributed by atoms with Gasteiger partial charge in [-0.15, -0.1) is 0 Å². The number of hydrogen-bond acceptors (Lipinski definition) is 8. The number of aromatic amines is 1. The Morgan fingerprint density at radius 2 is 1.95 bits per heavy atom. The number of hydrogen-bond donors (Lipinski definition) is 2.